The summed E-state index contributed by atoms with van der Waals surface area (Å²) in [6.07, 6.45) is 1.54. The number of aromatic amines is 2. The summed E-state index contributed by atoms with van der Waals surface area (Å²) in [4.78, 5) is 16.6. The molecule has 4 aromatic rings. The number of hydrogen-bond acceptors (Lipinski definition) is 3. The van der Waals surface area contributed by atoms with Crippen molar-refractivity contribution in [3.63, 3.8) is 0 Å². The van der Waals surface area contributed by atoms with E-state index in [1.165, 1.54) is 18.3 Å². The number of nitrogens with one attached hydrogen (secondary N) is 2. The summed E-state index contributed by atoms with van der Waals surface area (Å²) in [5.41, 5.74) is 4.21. The Hall–Kier alpha value is -3.93. The minimum atomic E-state index is -0.265. The molecule has 0 bridgehead atoms. The van der Waals surface area contributed by atoms with Crippen molar-refractivity contribution >= 4 is 11.9 Å². The molecule has 0 radical (unpaired) electrons. The Morgan fingerprint density at radius 1 is 0.897 bits per heavy atom. The van der Waals surface area contributed by atoms with Crippen LogP contribution in [0.4, 0.5) is 10.1 Å². The maximum atomic E-state index is 13.1. The van der Waals surface area contributed by atoms with Gasteiger partial charge in [0, 0.05) is 11.8 Å². The van der Waals surface area contributed by atoms with Gasteiger partial charge in [-0.1, -0.05) is 36.4 Å². The number of ether oxygens (including phenoxy) is 1. The van der Waals surface area contributed by atoms with Crippen LogP contribution in [0.5, 0.6) is 5.75 Å². The van der Waals surface area contributed by atoms with Gasteiger partial charge in [0.05, 0.1) is 24.1 Å². The molecule has 0 unspecified atom stereocenters. The molecule has 0 amide bonds. The van der Waals surface area contributed by atoms with Crippen LogP contribution in [-0.4, -0.2) is 23.5 Å². The van der Waals surface area contributed by atoms with Gasteiger partial charge >= 0.3 is 0 Å². The summed E-state index contributed by atoms with van der Waals surface area (Å²) in [7, 11) is 1.59. The molecule has 0 aliphatic rings. The molecule has 1 aromatic heterocycles. The van der Waals surface area contributed by atoms with Crippen molar-refractivity contribution < 1.29 is 9.13 Å². The van der Waals surface area contributed by atoms with E-state index < -0.39 is 0 Å². The van der Waals surface area contributed by atoms with E-state index in [9.17, 15) is 9.18 Å². The molecule has 0 saturated heterocycles. The van der Waals surface area contributed by atoms with Crippen LogP contribution in [0.2, 0.25) is 0 Å². The highest BCUT2D eigenvalue weighted by Crippen LogP contribution is 2.25. The topological polar surface area (TPSA) is 70.2 Å². The molecule has 5 nitrogen and oxygen atoms in total. The van der Waals surface area contributed by atoms with Crippen molar-refractivity contribution in [1.82, 2.24) is 10.2 Å². The molecule has 0 aliphatic heterocycles. The molecule has 29 heavy (non-hydrogen) atoms. The largest absolute Gasteiger partial charge is 0.497 e. The quantitative estimate of drug-likeness (QED) is 0.477. The third-order valence-electron chi connectivity index (χ3n) is 4.56. The van der Waals surface area contributed by atoms with Gasteiger partial charge in [-0.05, 0) is 47.5 Å². The van der Waals surface area contributed by atoms with Crippen molar-refractivity contribution in [2.24, 2.45) is 4.99 Å². The second-order valence-corrected chi connectivity index (χ2v) is 6.41. The van der Waals surface area contributed by atoms with Crippen LogP contribution in [0.25, 0.3) is 22.4 Å². The highest BCUT2D eigenvalue weighted by molar-refractivity contribution is 5.90. The van der Waals surface area contributed by atoms with Crippen LogP contribution in [0, 0.1) is 5.82 Å². The Labute approximate surface area is 166 Å². The fourth-order valence-corrected chi connectivity index (χ4v) is 3.02. The van der Waals surface area contributed by atoms with Crippen molar-refractivity contribution in [2.45, 2.75) is 0 Å². The van der Waals surface area contributed by atoms with Crippen molar-refractivity contribution in [2.75, 3.05) is 7.11 Å². The number of H-pyrrole nitrogens is 2. The minimum absolute atomic E-state index is 0.255. The smallest absolute Gasteiger partial charge is 0.273 e. The fourth-order valence-electron chi connectivity index (χ4n) is 3.02. The van der Waals surface area contributed by atoms with E-state index >= 15 is 0 Å². The number of methoxy groups -OCH3 is 1. The molecule has 0 atom stereocenters. The van der Waals surface area contributed by atoms with Crippen LogP contribution >= 0.6 is 0 Å². The van der Waals surface area contributed by atoms with Crippen LogP contribution < -0.4 is 10.3 Å². The highest BCUT2D eigenvalue weighted by Gasteiger charge is 2.10. The predicted octanol–water partition coefficient (Wildman–Crippen LogP) is 4.94. The molecule has 0 fully saturated rings. The van der Waals surface area contributed by atoms with Gasteiger partial charge in [-0.25, -0.2) is 4.39 Å². The first-order valence-corrected chi connectivity index (χ1v) is 8.99. The molecule has 0 saturated carbocycles. The first kappa shape index (κ1) is 18.4. The Bertz CT molecular complexity index is 1210. The lowest BCUT2D eigenvalue weighted by Gasteiger charge is -2.03. The summed E-state index contributed by atoms with van der Waals surface area (Å²) in [5, 5.41) is 5.50. The van der Waals surface area contributed by atoms with E-state index in [0.717, 1.165) is 16.7 Å². The maximum absolute atomic E-state index is 13.1. The van der Waals surface area contributed by atoms with Gasteiger partial charge in [0.1, 0.15) is 11.6 Å². The van der Waals surface area contributed by atoms with E-state index in [-0.39, 0.29) is 11.4 Å². The Balaban J connectivity index is 1.60. The second kappa shape index (κ2) is 7.98. The summed E-state index contributed by atoms with van der Waals surface area (Å²) in [5.74, 6) is 0.433. The van der Waals surface area contributed by atoms with E-state index in [0.29, 0.717) is 22.7 Å². The minimum Gasteiger partial charge on any atom is -0.497 e. The van der Waals surface area contributed by atoms with Crippen LogP contribution in [0.15, 0.2) is 82.6 Å². The van der Waals surface area contributed by atoms with Gasteiger partial charge in [-0.2, -0.15) is 0 Å². The van der Waals surface area contributed by atoms with Gasteiger partial charge < -0.3 is 4.74 Å². The molecular formula is C23H18FN3O2. The molecule has 3 aromatic carbocycles. The van der Waals surface area contributed by atoms with Gasteiger partial charge in [0.15, 0.2) is 0 Å². The number of benzene rings is 3. The SMILES string of the molecule is COc1cccc(-c2[nH][nH]c(=O)c2C=Nc2ccc(-c3ccc(F)cc3)cc2)c1. The van der Waals surface area contributed by atoms with Gasteiger partial charge in [-0.15, -0.1) is 0 Å². The third kappa shape index (κ3) is 4.01. The molecule has 0 spiro atoms. The van der Waals surface area contributed by atoms with E-state index in [1.54, 1.807) is 19.2 Å². The Morgan fingerprint density at radius 2 is 1.59 bits per heavy atom. The van der Waals surface area contributed by atoms with Crippen molar-refractivity contribution in [3.8, 4) is 28.1 Å². The van der Waals surface area contributed by atoms with Crippen LogP contribution in [0.3, 0.4) is 0 Å². The first-order chi connectivity index (χ1) is 14.1. The predicted molar refractivity (Wildman–Crippen MR) is 112 cm³/mol. The van der Waals surface area contributed by atoms with E-state index in [2.05, 4.69) is 15.2 Å². The number of aliphatic imine (C=N–C) groups is 1. The lowest BCUT2D eigenvalue weighted by atomic mass is 10.1. The lowest BCUT2D eigenvalue weighted by molar-refractivity contribution is 0.415. The molecule has 4 rings (SSSR count). The molecule has 6 heteroatoms. The molecule has 1 heterocycles. The summed E-state index contributed by atoms with van der Waals surface area (Å²) in [6.45, 7) is 0. The second-order valence-electron chi connectivity index (χ2n) is 6.41. The zero-order valence-electron chi connectivity index (χ0n) is 15.6. The van der Waals surface area contributed by atoms with E-state index in [4.69, 9.17) is 4.74 Å². The third-order valence-corrected chi connectivity index (χ3v) is 4.56. The van der Waals surface area contributed by atoms with Crippen LogP contribution in [0.1, 0.15) is 5.56 Å². The Morgan fingerprint density at radius 3 is 2.28 bits per heavy atom. The van der Waals surface area contributed by atoms with Gasteiger partial charge in [0.25, 0.3) is 5.56 Å². The Kier molecular flexibility index (Phi) is 5.07. The van der Waals surface area contributed by atoms with Crippen molar-refractivity contribution in [1.29, 1.82) is 0 Å². The maximum Gasteiger partial charge on any atom is 0.273 e. The molecule has 144 valence electrons. The summed E-state index contributed by atoms with van der Waals surface area (Å²) < 4.78 is 18.3. The average molecular weight is 387 g/mol. The molecule has 2 N–H and O–H groups in total. The zero-order valence-corrected chi connectivity index (χ0v) is 15.6. The molecule has 0 aliphatic carbocycles. The number of aromatic nitrogens is 2. The zero-order chi connectivity index (χ0) is 20.2. The molecular weight excluding hydrogens is 369 g/mol. The van der Waals surface area contributed by atoms with Crippen molar-refractivity contribution in [3.05, 3.63) is 94.5 Å². The first-order valence-electron chi connectivity index (χ1n) is 8.99. The monoisotopic (exact) mass is 387 g/mol. The number of rotatable bonds is 5. The lowest BCUT2D eigenvalue weighted by Crippen LogP contribution is -2.05. The van der Waals surface area contributed by atoms with Gasteiger partial charge in [0.2, 0.25) is 0 Å². The number of nitrogens with zero attached hydrogens (tertiary/aromatic N) is 1. The summed E-state index contributed by atoms with van der Waals surface area (Å²) in [6, 6.07) is 21.3. The average Bonchev–Trinajstić information content (AvgIpc) is 3.13. The van der Waals surface area contributed by atoms with Crippen LogP contribution in [-0.2, 0) is 0 Å². The number of halogens is 1. The highest BCUT2D eigenvalue weighted by atomic mass is 19.1. The van der Waals surface area contributed by atoms with Gasteiger partial charge in [-0.3, -0.25) is 20.0 Å². The van der Waals surface area contributed by atoms with E-state index in [1.807, 2.05) is 48.5 Å². The fraction of sp³-hybridized carbons (Fsp3) is 0.0435. The normalized spacial score (nSPS) is 11.1. The standard InChI is InChI=1S/C23H18FN3O2/c1-29-20-4-2-3-17(13-20)22-21(23(28)27-26-22)14-25-19-11-7-16(8-12-19)15-5-9-18(24)10-6-15/h2-14H,1H3,(H2,26,27,28). The number of hydrogen-bond donors (Lipinski definition) is 2. The summed E-state index contributed by atoms with van der Waals surface area (Å²) >= 11 is 0.